The molecule has 1 N–H and O–H groups in total. The summed E-state index contributed by atoms with van der Waals surface area (Å²) >= 11 is 1.80. The van der Waals surface area contributed by atoms with E-state index in [1.165, 1.54) is 61.9 Å². The highest BCUT2D eigenvalue weighted by molar-refractivity contribution is 8.03. The van der Waals surface area contributed by atoms with Crippen LogP contribution in [-0.4, -0.2) is 35.8 Å². The van der Waals surface area contributed by atoms with E-state index in [1.54, 1.807) is 30.0 Å². The van der Waals surface area contributed by atoms with Gasteiger partial charge in [-0.15, -0.1) is 11.8 Å². The summed E-state index contributed by atoms with van der Waals surface area (Å²) in [5.74, 6) is 0.00138. The maximum absolute atomic E-state index is 14.4. The molecule has 5 rings (SSSR count). The summed E-state index contributed by atoms with van der Waals surface area (Å²) in [6.45, 7) is 12.0. The van der Waals surface area contributed by atoms with E-state index in [0.29, 0.717) is 17.4 Å². The summed E-state index contributed by atoms with van der Waals surface area (Å²) in [5.41, 5.74) is 2.98. The Labute approximate surface area is 271 Å². The van der Waals surface area contributed by atoms with Crippen LogP contribution >= 0.6 is 11.8 Å². The number of piperidine rings is 1. The van der Waals surface area contributed by atoms with E-state index in [0.717, 1.165) is 48.1 Å². The number of likely N-dealkylation sites (tertiary alicyclic amines) is 1. The molecule has 1 saturated carbocycles. The normalized spacial score (nSPS) is 21.2. The van der Waals surface area contributed by atoms with Crippen molar-refractivity contribution < 1.29 is 18.0 Å². The zero-order chi connectivity index (χ0) is 32.3. The van der Waals surface area contributed by atoms with Crippen molar-refractivity contribution >= 4 is 23.5 Å². The Bertz CT molecular complexity index is 1410. The van der Waals surface area contributed by atoms with Crippen molar-refractivity contribution in [3.8, 4) is 0 Å². The first-order valence-corrected chi connectivity index (χ1v) is 17.6. The van der Waals surface area contributed by atoms with Gasteiger partial charge in [0.2, 0.25) is 0 Å². The number of amides is 2. The highest BCUT2D eigenvalue weighted by Crippen LogP contribution is 2.47. The van der Waals surface area contributed by atoms with Gasteiger partial charge in [0.15, 0.2) is 11.6 Å². The Hall–Kier alpha value is -2.87. The molecule has 45 heavy (non-hydrogen) atoms. The summed E-state index contributed by atoms with van der Waals surface area (Å²) in [6.07, 6.45) is 10.3. The van der Waals surface area contributed by atoms with Gasteiger partial charge in [-0.2, -0.15) is 0 Å². The predicted octanol–water partition coefficient (Wildman–Crippen LogP) is 9.78. The number of nitrogens with zero attached hydrogens (tertiary/aromatic N) is 2. The molecule has 8 heteroatoms. The summed E-state index contributed by atoms with van der Waals surface area (Å²) in [7, 11) is 0. The summed E-state index contributed by atoms with van der Waals surface area (Å²) < 4.78 is 42.4. The first-order chi connectivity index (χ1) is 21.5. The molecule has 2 aliphatic heterocycles. The molecular formula is C37H48F3N3OS. The van der Waals surface area contributed by atoms with Gasteiger partial charge in [-0.1, -0.05) is 52.2 Å². The van der Waals surface area contributed by atoms with E-state index < -0.39 is 17.0 Å². The van der Waals surface area contributed by atoms with Crippen LogP contribution in [0.15, 0.2) is 64.8 Å². The lowest BCUT2D eigenvalue weighted by Gasteiger charge is -2.43. The minimum atomic E-state index is -0.872. The second kappa shape index (κ2) is 14.3. The van der Waals surface area contributed by atoms with Gasteiger partial charge < -0.3 is 15.1 Å². The summed E-state index contributed by atoms with van der Waals surface area (Å²) in [5, 5.41) is 4.37. The Balaban J connectivity index is 1.30. The number of hydrogen-bond donors (Lipinski definition) is 1. The highest BCUT2D eigenvalue weighted by atomic mass is 32.2. The lowest BCUT2D eigenvalue weighted by molar-refractivity contribution is 0.165. The molecule has 3 aliphatic rings. The molecule has 2 fully saturated rings. The van der Waals surface area contributed by atoms with Crippen LogP contribution in [0, 0.1) is 35.2 Å². The number of halogens is 3. The van der Waals surface area contributed by atoms with E-state index in [2.05, 4.69) is 37.1 Å². The predicted molar refractivity (Wildman–Crippen MR) is 180 cm³/mol. The fraction of sp³-hybridized carbons (Fsp3) is 0.541. The monoisotopic (exact) mass is 639 g/mol. The van der Waals surface area contributed by atoms with Gasteiger partial charge in [0, 0.05) is 41.7 Å². The lowest BCUT2D eigenvalue weighted by atomic mass is 9.77. The van der Waals surface area contributed by atoms with Gasteiger partial charge in [-0.05, 0) is 105 Å². The molecule has 2 aromatic carbocycles. The Morgan fingerprint density at radius 3 is 2.29 bits per heavy atom. The third kappa shape index (κ3) is 7.58. The first-order valence-electron chi connectivity index (χ1n) is 16.6. The Morgan fingerprint density at radius 2 is 1.64 bits per heavy atom. The van der Waals surface area contributed by atoms with Gasteiger partial charge in [0.05, 0.1) is 5.03 Å². The number of benzene rings is 2. The molecule has 244 valence electrons. The molecule has 0 aromatic heterocycles. The molecule has 0 radical (unpaired) electrons. The van der Waals surface area contributed by atoms with Gasteiger partial charge in [0.1, 0.15) is 5.82 Å². The SMILES string of the molecule is CC1=C(SCC2CCN(C(=O)NC(C)C3CCCCC3)CC2)N(c2ccc(F)cc2)C(C(C)(C)c2ccc(F)c(F)c2)=CC1C. The van der Waals surface area contributed by atoms with Gasteiger partial charge >= 0.3 is 6.03 Å². The number of urea groups is 1. The molecular weight excluding hydrogens is 591 g/mol. The topological polar surface area (TPSA) is 35.6 Å². The van der Waals surface area contributed by atoms with Crippen LogP contribution in [0.2, 0.25) is 0 Å². The van der Waals surface area contributed by atoms with Crippen molar-refractivity contribution in [1.82, 2.24) is 10.2 Å². The maximum atomic E-state index is 14.4. The second-order valence-electron chi connectivity index (χ2n) is 13.8. The average molecular weight is 640 g/mol. The van der Waals surface area contributed by atoms with E-state index in [4.69, 9.17) is 0 Å². The lowest BCUT2D eigenvalue weighted by Crippen LogP contribution is -2.49. The molecule has 2 amide bonds. The number of allylic oxidation sites excluding steroid dienone is 3. The van der Waals surface area contributed by atoms with Crippen LogP contribution in [0.25, 0.3) is 0 Å². The number of thioether (sulfide) groups is 1. The van der Waals surface area contributed by atoms with Crippen LogP contribution in [0.4, 0.5) is 23.7 Å². The number of anilines is 1. The average Bonchev–Trinajstić information content (AvgIpc) is 3.03. The molecule has 0 spiro atoms. The molecule has 2 atom stereocenters. The summed E-state index contributed by atoms with van der Waals surface area (Å²) in [6, 6.07) is 10.9. The fourth-order valence-electron chi connectivity index (χ4n) is 7.00. The van der Waals surface area contributed by atoms with E-state index in [9.17, 15) is 18.0 Å². The maximum Gasteiger partial charge on any atom is 0.317 e. The van der Waals surface area contributed by atoms with Crippen LogP contribution in [0.1, 0.15) is 85.1 Å². The zero-order valence-electron chi connectivity index (χ0n) is 27.3. The quantitative estimate of drug-likeness (QED) is 0.312. The van der Waals surface area contributed by atoms with Crippen molar-refractivity contribution in [2.24, 2.45) is 17.8 Å². The van der Waals surface area contributed by atoms with Crippen LogP contribution in [0.3, 0.4) is 0 Å². The van der Waals surface area contributed by atoms with Crippen LogP contribution in [-0.2, 0) is 5.41 Å². The number of hydrogen-bond acceptors (Lipinski definition) is 3. The van der Waals surface area contributed by atoms with Crippen molar-refractivity contribution in [3.63, 3.8) is 0 Å². The van der Waals surface area contributed by atoms with Crippen LogP contribution < -0.4 is 10.2 Å². The van der Waals surface area contributed by atoms with E-state index in [-0.39, 0.29) is 23.8 Å². The standard InChI is InChI=1S/C37H48F3N3OS/c1-24-21-34(37(4,5)29-11-16-32(39)33(40)22-29)43(31-14-12-30(38)13-15-31)35(25(24)2)45-23-27-17-19-42(20-18-27)36(44)41-26(3)28-9-7-6-8-10-28/h11-16,21-22,24,26-28H,6-10,17-20,23H2,1-5H3,(H,41,44). The van der Waals surface area contributed by atoms with Gasteiger partial charge in [-0.3, -0.25) is 0 Å². The van der Waals surface area contributed by atoms with Gasteiger partial charge in [-0.25, -0.2) is 18.0 Å². The van der Waals surface area contributed by atoms with Crippen LogP contribution in [0.5, 0.6) is 0 Å². The number of carbonyl (C=O) groups excluding carboxylic acids is 1. The highest BCUT2D eigenvalue weighted by Gasteiger charge is 2.37. The largest absolute Gasteiger partial charge is 0.335 e. The van der Waals surface area contributed by atoms with E-state index in [1.807, 2.05) is 18.7 Å². The van der Waals surface area contributed by atoms with Crippen molar-refractivity contribution in [3.05, 3.63) is 87.9 Å². The second-order valence-corrected chi connectivity index (χ2v) is 14.8. The number of nitrogens with one attached hydrogen (secondary N) is 1. The first kappa shape index (κ1) is 33.5. The molecule has 2 aromatic rings. The molecule has 1 saturated heterocycles. The third-order valence-corrected chi connectivity index (χ3v) is 11.7. The molecule has 4 nitrogen and oxygen atoms in total. The van der Waals surface area contributed by atoms with Crippen molar-refractivity contribution in [1.29, 1.82) is 0 Å². The molecule has 2 heterocycles. The smallest absolute Gasteiger partial charge is 0.317 e. The molecule has 1 aliphatic carbocycles. The van der Waals surface area contributed by atoms with E-state index >= 15 is 0 Å². The van der Waals surface area contributed by atoms with Gasteiger partial charge in [0.25, 0.3) is 0 Å². The summed E-state index contributed by atoms with van der Waals surface area (Å²) in [4.78, 5) is 17.2. The fourth-order valence-corrected chi connectivity index (χ4v) is 8.47. The molecule has 0 bridgehead atoms. The Kier molecular flexibility index (Phi) is 10.6. The zero-order valence-corrected chi connectivity index (χ0v) is 28.2. The molecule has 2 unspecified atom stereocenters. The number of carbonyl (C=O) groups is 1. The minimum absolute atomic E-state index is 0.0653. The van der Waals surface area contributed by atoms with Crippen molar-refractivity contribution in [2.75, 3.05) is 23.7 Å². The van der Waals surface area contributed by atoms with Crippen molar-refractivity contribution in [2.45, 2.75) is 91.0 Å². The number of rotatable bonds is 8. The minimum Gasteiger partial charge on any atom is -0.335 e. The third-order valence-electron chi connectivity index (χ3n) is 10.3. The Morgan fingerprint density at radius 1 is 0.978 bits per heavy atom.